The maximum Gasteiger partial charge on any atom is 0.0879 e. The van der Waals surface area contributed by atoms with Crippen molar-refractivity contribution in [2.45, 2.75) is 5.38 Å². The summed E-state index contributed by atoms with van der Waals surface area (Å²) in [5, 5.41) is 4.51. The molecule has 0 saturated heterocycles. The third kappa shape index (κ3) is 2.04. The third-order valence-corrected chi connectivity index (χ3v) is 4.19. The molecule has 0 radical (unpaired) electrons. The molecular formula is C13H14ClN3S. The fourth-order valence-corrected chi connectivity index (χ4v) is 3.14. The van der Waals surface area contributed by atoms with Crippen LogP contribution in [0, 0.1) is 5.92 Å². The van der Waals surface area contributed by atoms with E-state index < -0.39 is 0 Å². The van der Waals surface area contributed by atoms with Crippen molar-refractivity contribution in [2.24, 2.45) is 15.9 Å². The average molecular weight is 280 g/mol. The second-order valence-corrected chi connectivity index (χ2v) is 5.63. The second kappa shape index (κ2) is 4.94. The summed E-state index contributed by atoms with van der Waals surface area (Å²) in [6, 6.07) is 0. The zero-order valence-electron chi connectivity index (χ0n) is 10.1. The second-order valence-electron chi connectivity index (χ2n) is 4.30. The molecule has 2 heterocycles. The first-order chi connectivity index (χ1) is 8.79. The zero-order valence-corrected chi connectivity index (χ0v) is 11.6. The molecule has 1 aliphatic carbocycles. The lowest BCUT2D eigenvalue weighted by molar-refractivity contribution is 0.774. The Morgan fingerprint density at radius 1 is 1.50 bits per heavy atom. The summed E-state index contributed by atoms with van der Waals surface area (Å²) in [7, 11) is 0. The first-order valence-electron chi connectivity index (χ1n) is 5.94. The van der Waals surface area contributed by atoms with Crippen LogP contribution in [-0.4, -0.2) is 36.0 Å². The smallest absolute Gasteiger partial charge is 0.0879 e. The summed E-state index contributed by atoms with van der Waals surface area (Å²) >= 11 is 7.80. The number of alkyl halides is 1. The van der Waals surface area contributed by atoms with Crippen molar-refractivity contribution in [3.8, 4) is 0 Å². The number of aliphatic imine (C=N–C) groups is 2. The molecule has 0 saturated carbocycles. The van der Waals surface area contributed by atoms with Crippen LogP contribution in [0.3, 0.4) is 0 Å². The maximum atomic E-state index is 6.13. The molecule has 0 bridgehead atoms. The topological polar surface area (TPSA) is 36.8 Å². The highest BCUT2D eigenvalue weighted by Crippen LogP contribution is 2.34. The minimum atomic E-state index is -0.0628. The molecule has 0 amide bonds. The molecule has 2 atom stereocenters. The van der Waals surface area contributed by atoms with Gasteiger partial charge < -0.3 is 5.32 Å². The van der Waals surface area contributed by atoms with Gasteiger partial charge in [0, 0.05) is 24.0 Å². The van der Waals surface area contributed by atoms with E-state index in [9.17, 15) is 0 Å². The summed E-state index contributed by atoms with van der Waals surface area (Å²) in [5.41, 5.74) is 3.35. The van der Waals surface area contributed by atoms with Crippen LogP contribution >= 0.6 is 23.4 Å². The number of rotatable bonds is 0. The first kappa shape index (κ1) is 12.1. The monoisotopic (exact) mass is 279 g/mol. The highest BCUT2D eigenvalue weighted by molar-refractivity contribution is 8.13. The van der Waals surface area contributed by atoms with Gasteiger partial charge in [-0.25, -0.2) is 4.99 Å². The van der Waals surface area contributed by atoms with Gasteiger partial charge in [0.15, 0.2) is 0 Å². The quantitative estimate of drug-likeness (QED) is 0.691. The predicted octanol–water partition coefficient (Wildman–Crippen LogP) is 2.37. The normalized spacial score (nSPS) is 29.9. The molecule has 3 rings (SSSR count). The first-order valence-corrected chi connectivity index (χ1v) is 7.60. The molecule has 5 heteroatoms. The number of hydrogen-bond acceptors (Lipinski definition) is 4. The highest BCUT2D eigenvalue weighted by Gasteiger charge is 2.29. The van der Waals surface area contributed by atoms with E-state index >= 15 is 0 Å². The van der Waals surface area contributed by atoms with Crippen LogP contribution < -0.4 is 5.32 Å². The number of fused-ring (bicyclic) bond motifs is 2. The van der Waals surface area contributed by atoms with Crippen molar-refractivity contribution < 1.29 is 0 Å². The van der Waals surface area contributed by atoms with Gasteiger partial charge in [-0.05, 0) is 12.3 Å². The van der Waals surface area contributed by atoms with Gasteiger partial charge in [0.2, 0.25) is 0 Å². The molecule has 0 spiro atoms. The SMILES string of the molecule is CSC1=NC2=CC(Cl)C=CC2=C2NCCN=CC12. The van der Waals surface area contributed by atoms with E-state index in [1.54, 1.807) is 11.8 Å². The molecule has 2 unspecified atom stereocenters. The molecule has 2 aliphatic heterocycles. The van der Waals surface area contributed by atoms with Gasteiger partial charge in [-0.1, -0.05) is 12.2 Å². The number of nitrogens with one attached hydrogen (secondary N) is 1. The third-order valence-electron chi connectivity index (χ3n) is 3.16. The van der Waals surface area contributed by atoms with Gasteiger partial charge in [-0.2, -0.15) is 0 Å². The zero-order chi connectivity index (χ0) is 12.5. The largest absolute Gasteiger partial charge is 0.385 e. The number of halogens is 1. The van der Waals surface area contributed by atoms with Gasteiger partial charge in [-0.3, -0.25) is 4.99 Å². The summed E-state index contributed by atoms with van der Waals surface area (Å²) in [4.78, 5) is 9.14. The number of thioether (sulfide) groups is 1. The average Bonchev–Trinajstić information content (AvgIpc) is 2.63. The lowest BCUT2D eigenvalue weighted by atomic mass is 9.94. The molecule has 18 heavy (non-hydrogen) atoms. The summed E-state index contributed by atoms with van der Waals surface area (Å²) in [6.07, 6.45) is 10.1. The van der Waals surface area contributed by atoms with Crippen LogP contribution in [0.15, 0.2) is 45.2 Å². The van der Waals surface area contributed by atoms with Crippen LogP contribution in [0.1, 0.15) is 0 Å². The number of hydrogen-bond donors (Lipinski definition) is 1. The lowest BCUT2D eigenvalue weighted by Crippen LogP contribution is -2.30. The van der Waals surface area contributed by atoms with E-state index in [-0.39, 0.29) is 11.3 Å². The standard InChI is InChI=1S/C13H14ClN3S/c1-18-13-10-7-15-4-5-16-12(10)9-3-2-8(14)6-11(9)17-13/h2-3,6-8,10,16H,4-5H2,1H3. The lowest BCUT2D eigenvalue weighted by Gasteiger charge is -2.27. The van der Waals surface area contributed by atoms with Gasteiger partial charge in [0.1, 0.15) is 0 Å². The molecule has 0 aromatic carbocycles. The van der Waals surface area contributed by atoms with Crippen molar-refractivity contribution in [1.82, 2.24) is 5.32 Å². The minimum absolute atomic E-state index is 0.0628. The Kier molecular flexibility index (Phi) is 3.31. The Labute approximate surface area is 116 Å². The van der Waals surface area contributed by atoms with Crippen molar-refractivity contribution >= 4 is 34.6 Å². The van der Waals surface area contributed by atoms with Gasteiger partial charge in [0.05, 0.1) is 28.6 Å². The van der Waals surface area contributed by atoms with Crippen LogP contribution in [0.4, 0.5) is 0 Å². The fourth-order valence-electron chi connectivity index (χ4n) is 2.33. The van der Waals surface area contributed by atoms with Crippen LogP contribution in [-0.2, 0) is 0 Å². The molecule has 3 nitrogen and oxygen atoms in total. The predicted molar refractivity (Wildman–Crippen MR) is 79.7 cm³/mol. The number of nitrogens with zero attached hydrogens (tertiary/aromatic N) is 2. The Morgan fingerprint density at radius 3 is 3.22 bits per heavy atom. The molecule has 1 N–H and O–H groups in total. The Morgan fingerprint density at radius 2 is 2.39 bits per heavy atom. The fraction of sp³-hybridized carbons (Fsp3) is 0.385. The summed E-state index contributed by atoms with van der Waals surface area (Å²) in [5.74, 6) is 0.172. The van der Waals surface area contributed by atoms with Crippen molar-refractivity contribution in [1.29, 1.82) is 0 Å². The van der Waals surface area contributed by atoms with Crippen molar-refractivity contribution in [3.05, 3.63) is 35.2 Å². The van der Waals surface area contributed by atoms with Gasteiger partial charge in [0.25, 0.3) is 0 Å². The van der Waals surface area contributed by atoms with Crippen LogP contribution in [0.25, 0.3) is 0 Å². The van der Waals surface area contributed by atoms with E-state index in [4.69, 9.17) is 16.6 Å². The highest BCUT2D eigenvalue weighted by atomic mass is 35.5. The molecule has 0 aromatic rings. The molecule has 94 valence electrons. The van der Waals surface area contributed by atoms with E-state index in [2.05, 4.69) is 22.6 Å². The molecule has 3 aliphatic rings. The molecule has 0 aromatic heterocycles. The number of allylic oxidation sites excluding steroid dienone is 4. The maximum absolute atomic E-state index is 6.13. The van der Waals surface area contributed by atoms with Crippen molar-refractivity contribution in [2.75, 3.05) is 19.3 Å². The number of dihydropyridines is 1. The Hall–Kier alpha value is -1.00. The molecule has 0 fully saturated rings. The summed E-state index contributed by atoms with van der Waals surface area (Å²) in [6.45, 7) is 1.69. The Bertz CT molecular complexity index is 516. The van der Waals surface area contributed by atoms with E-state index in [0.717, 1.165) is 29.4 Å². The Balaban J connectivity index is 2.11. The van der Waals surface area contributed by atoms with Crippen LogP contribution in [0.2, 0.25) is 0 Å². The van der Waals surface area contributed by atoms with Crippen LogP contribution in [0.5, 0.6) is 0 Å². The van der Waals surface area contributed by atoms with E-state index in [0.29, 0.717) is 0 Å². The van der Waals surface area contributed by atoms with Gasteiger partial charge in [-0.15, -0.1) is 23.4 Å². The van der Waals surface area contributed by atoms with Gasteiger partial charge >= 0.3 is 0 Å². The van der Waals surface area contributed by atoms with Crippen molar-refractivity contribution in [3.63, 3.8) is 0 Å². The van der Waals surface area contributed by atoms with E-state index in [1.165, 1.54) is 5.70 Å². The minimum Gasteiger partial charge on any atom is -0.385 e. The molecular weight excluding hydrogens is 266 g/mol. The summed E-state index contributed by atoms with van der Waals surface area (Å²) < 4.78 is 0. The van der Waals surface area contributed by atoms with E-state index in [1.807, 2.05) is 18.4 Å².